The van der Waals surface area contributed by atoms with Crippen LogP contribution in [-0.4, -0.2) is 44.9 Å². The van der Waals surface area contributed by atoms with Crippen molar-refractivity contribution in [2.24, 2.45) is 5.92 Å². The van der Waals surface area contributed by atoms with Crippen LogP contribution in [0.1, 0.15) is 25.3 Å². The van der Waals surface area contributed by atoms with Gasteiger partial charge in [-0.3, -0.25) is 4.79 Å². The van der Waals surface area contributed by atoms with Gasteiger partial charge in [-0.15, -0.1) is 0 Å². The Kier molecular flexibility index (Phi) is 7.92. The van der Waals surface area contributed by atoms with E-state index >= 15 is 0 Å². The summed E-state index contributed by atoms with van der Waals surface area (Å²) in [7, 11) is -4.09. The van der Waals surface area contributed by atoms with Crippen molar-refractivity contribution in [2.45, 2.75) is 37.6 Å². The summed E-state index contributed by atoms with van der Waals surface area (Å²) in [4.78, 5) is 14.8. The number of piperidine rings is 1. The zero-order valence-corrected chi connectivity index (χ0v) is 20.4. The lowest BCUT2D eigenvalue weighted by molar-refractivity contribution is -0.134. The van der Waals surface area contributed by atoms with Crippen molar-refractivity contribution < 1.29 is 13.2 Å². The molecule has 4 N–H and O–H groups in total. The summed E-state index contributed by atoms with van der Waals surface area (Å²) in [6.07, 6.45) is 1.78. The Morgan fingerprint density at radius 3 is 2.41 bits per heavy atom. The summed E-state index contributed by atoms with van der Waals surface area (Å²) >= 11 is 12.1. The fraction of sp³-hybridized carbons (Fsp3) is 0.409. The number of rotatable bonds is 7. The normalized spacial score (nSPS) is 16.1. The monoisotopic (exact) mass is 498 g/mol. The summed E-state index contributed by atoms with van der Waals surface area (Å²) < 4.78 is 28.7. The number of nitrogens with zero attached hydrogens (tertiary/aromatic N) is 1. The first-order chi connectivity index (χ1) is 15.1. The van der Waals surface area contributed by atoms with Crippen LogP contribution in [0.15, 0.2) is 41.3 Å². The van der Waals surface area contributed by atoms with Gasteiger partial charge in [-0.25, -0.2) is 8.42 Å². The van der Waals surface area contributed by atoms with Crippen molar-refractivity contribution in [3.63, 3.8) is 0 Å². The predicted molar refractivity (Wildman–Crippen MR) is 130 cm³/mol. The van der Waals surface area contributed by atoms with Crippen LogP contribution >= 0.6 is 23.2 Å². The van der Waals surface area contributed by atoms with Crippen LogP contribution in [0, 0.1) is 12.8 Å². The lowest BCUT2D eigenvalue weighted by Crippen LogP contribution is -2.53. The van der Waals surface area contributed by atoms with Gasteiger partial charge in [0.1, 0.15) is 6.04 Å². The Hall–Kier alpha value is -2.00. The predicted octanol–water partition coefficient (Wildman–Crippen LogP) is 3.90. The molecule has 1 unspecified atom stereocenters. The van der Waals surface area contributed by atoms with Crippen LogP contribution in [0.5, 0.6) is 0 Å². The third kappa shape index (κ3) is 6.07. The Morgan fingerprint density at radius 1 is 1.19 bits per heavy atom. The fourth-order valence-corrected chi connectivity index (χ4v) is 5.43. The number of carbonyl (C=O) groups is 1. The van der Waals surface area contributed by atoms with Crippen molar-refractivity contribution >= 4 is 50.5 Å². The standard InChI is InChI=1S/C22H28Cl2N4O3S/c1-14-6-8-28(9-7-14)22(29)20(13-26-16-5-3-4-15(2)10-16)27-32(30,31)17-11-18(23)21(25)19(24)12-17/h3-5,10-12,14,20,26-27H,6-9,13,25H2,1-2H3. The van der Waals surface area contributed by atoms with Crippen LogP contribution in [0.4, 0.5) is 11.4 Å². The van der Waals surface area contributed by atoms with E-state index in [4.69, 9.17) is 28.9 Å². The number of aryl methyl sites for hydroxylation is 1. The quantitative estimate of drug-likeness (QED) is 0.502. The topological polar surface area (TPSA) is 105 Å². The molecule has 174 valence electrons. The van der Waals surface area contributed by atoms with E-state index in [9.17, 15) is 13.2 Å². The number of amides is 1. The van der Waals surface area contributed by atoms with Gasteiger partial charge < -0.3 is 16.0 Å². The van der Waals surface area contributed by atoms with Crippen molar-refractivity contribution in [3.8, 4) is 0 Å². The van der Waals surface area contributed by atoms with Crippen molar-refractivity contribution in [3.05, 3.63) is 52.0 Å². The molecule has 1 saturated heterocycles. The molecule has 10 heteroatoms. The van der Waals surface area contributed by atoms with E-state index in [0.717, 1.165) is 24.1 Å². The third-order valence-electron chi connectivity index (χ3n) is 5.58. The first-order valence-corrected chi connectivity index (χ1v) is 12.7. The molecule has 1 atom stereocenters. The summed E-state index contributed by atoms with van der Waals surface area (Å²) in [5.74, 6) is 0.270. The van der Waals surface area contributed by atoms with Gasteiger partial charge in [0, 0.05) is 25.3 Å². The maximum absolute atomic E-state index is 13.3. The number of likely N-dealkylation sites (tertiary alicyclic amines) is 1. The van der Waals surface area contributed by atoms with E-state index in [2.05, 4.69) is 17.0 Å². The molecule has 0 saturated carbocycles. The number of hydrogen-bond donors (Lipinski definition) is 3. The molecule has 3 rings (SSSR count). The molecule has 1 aliphatic rings. The smallest absolute Gasteiger partial charge is 0.242 e. The van der Waals surface area contributed by atoms with Crippen molar-refractivity contribution in [1.82, 2.24) is 9.62 Å². The number of halogens is 2. The van der Waals surface area contributed by atoms with E-state index < -0.39 is 16.1 Å². The van der Waals surface area contributed by atoms with Gasteiger partial charge in [-0.05, 0) is 55.5 Å². The SMILES string of the molecule is Cc1cccc(NCC(NS(=O)(=O)c2cc(Cl)c(N)c(Cl)c2)C(=O)N2CCC(C)CC2)c1. The second kappa shape index (κ2) is 10.3. The Labute approximate surface area is 199 Å². The molecule has 1 aliphatic heterocycles. The average Bonchev–Trinajstić information content (AvgIpc) is 2.74. The number of nitrogens with one attached hydrogen (secondary N) is 2. The van der Waals surface area contributed by atoms with Gasteiger partial charge in [0.2, 0.25) is 15.9 Å². The molecule has 0 aromatic heterocycles. The van der Waals surface area contributed by atoms with Gasteiger partial charge in [-0.1, -0.05) is 42.3 Å². The molecule has 2 aromatic carbocycles. The van der Waals surface area contributed by atoms with Gasteiger partial charge in [0.05, 0.1) is 20.6 Å². The number of carbonyl (C=O) groups excluding carboxylic acids is 1. The van der Waals surface area contributed by atoms with E-state index in [0.29, 0.717) is 19.0 Å². The highest BCUT2D eigenvalue weighted by atomic mass is 35.5. The van der Waals surface area contributed by atoms with Crippen LogP contribution in [0.25, 0.3) is 0 Å². The maximum atomic E-state index is 13.3. The Balaban J connectivity index is 1.84. The lowest BCUT2D eigenvalue weighted by atomic mass is 9.99. The Bertz CT molecular complexity index is 1060. The maximum Gasteiger partial charge on any atom is 0.242 e. The van der Waals surface area contributed by atoms with Crippen LogP contribution in [0.2, 0.25) is 10.0 Å². The molecule has 2 aromatic rings. The molecular weight excluding hydrogens is 471 g/mol. The summed E-state index contributed by atoms with van der Waals surface area (Å²) in [5, 5.41) is 3.24. The molecule has 0 bridgehead atoms. The lowest BCUT2D eigenvalue weighted by Gasteiger charge is -2.33. The second-order valence-corrected chi connectivity index (χ2v) is 10.8. The molecule has 0 radical (unpaired) electrons. The molecular formula is C22H28Cl2N4O3S. The van der Waals surface area contributed by atoms with E-state index in [1.54, 1.807) is 4.90 Å². The molecule has 1 heterocycles. The Morgan fingerprint density at radius 2 is 1.81 bits per heavy atom. The van der Waals surface area contributed by atoms with Crippen LogP contribution < -0.4 is 15.8 Å². The summed E-state index contributed by atoms with van der Waals surface area (Å²) in [6, 6.07) is 9.09. The van der Waals surface area contributed by atoms with Crippen molar-refractivity contribution in [2.75, 3.05) is 30.7 Å². The van der Waals surface area contributed by atoms with Gasteiger partial charge in [0.25, 0.3) is 0 Å². The molecule has 0 spiro atoms. The highest BCUT2D eigenvalue weighted by molar-refractivity contribution is 7.89. The van der Waals surface area contributed by atoms with Gasteiger partial charge in [-0.2, -0.15) is 4.72 Å². The summed E-state index contributed by atoms with van der Waals surface area (Å²) in [5.41, 5.74) is 7.68. The number of benzene rings is 2. The molecule has 1 fully saturated rings. The highest BCUT2D eigenvalue weighted by Gasteiger charge is 2.31. The zero-order valence-electron chi connectivity index (χ0n) is 18.1. The second-order valence-electron chi connectivity index (χ2n) is 8.23. The average molecular weight is 499 g/mol. The molecule has 1 amide bonds. The molecule has 32 heavy (non-hydrogen) atoms. The zero-order chi connectivity index (χ0) is 23.5. The van der Waals surface area contributed by atoms with Crippen LogP contribution in [0.3, 0.4) is 0 Å². The number of anilines is 2. The van der Waals surface area contributed by atoms with Gasteiger partial charge in [0.15, 0.2) is 0 Å². The number of nitrogens with two attached hydrogens (primary N) is 1. The first-order valence-electron chi connectivity index (χ1n) is 10.4. The van der Waals surface area contributed by atoms with E-state index in [-0.39, 0.29) is 33.1 Å². The third-order valence-corrected chi connectivity index (χ3v) is 7.66. The number of hydrogen-bond acceptors (Lipinski definition) is 5. The van der Waals surface area contributed by atoms with E-state index in [1.807, 2.05) is 31.2 Å². The van der Waals surface area contributed by atoms with E-state index in [1.165, 1.54) is 12.1 Å². The minimum absolute atomic E-state index is 0.0312. The number of sulfonamides is 1. The fourth-order valence-electron chi connectivity index (χ4n) is 3.58. The molecule has 0 aliphatic carbocycles. The first kappa shape index (κ1) is 24.6. The van der Waals surface area contributed by atoms with Crippen LogP contribution in [-0.2, 0) is 14.8 Å². The minimum Gasteiger partial charge on any atom is -0.396 e. The minimum atomic E-state index is -4.09. The number of nitrogen functional groups attached to an aromatic ring is 1. The van der Waals surface area contributed by atoms with Gasteiger partial charge >= 0.3 is 0 Å². The highest BCUT2D eigenvalue weighted by Crippen LogP contribution is 2.30. The largest absolute Gasteiger partial charge is 0.396 e. The van der Waals surface area contributed by atoms with Crippen molar-refractivity contribution in [1.29, 1.82) is 0 Å². The summed E-state index contributed by atoms with van der Waals surface area (Å²) in [6.45, 7) is 5.39. The molecule has 7 nitrogen and oxygen atoms in total.